The number of aromatic nitrogens is 2. The van der Waals surface area contributed by atoms with Crippen LogP contribution in [0.5, 0.6) is 0 Å². The molecule has 0 radical (unpaired) electrons. The van der Waals surface area contributed by atoms with E-state index in [9.17, 15) is 8.42 Å². The first-order chi connectivity index (χ1) is 12.4. The summed E-state index contributed by atoms with van der Waals surface area (Å²) >= 11 is 8.94. The van der Waals surface area contributed by atoms with Crippen LogP contribution in [0.15, 0.2) is 34.7 Å². The Balaban J connectivity index is 1.95. The Morgan fingerprint density at radius 1 is 1.31 bits per heavy atom. The van der Waals surface area contributed by atoms with E-state index in [2.05, 4.69) is 20.0 Å². The lowest BCUT2D eigenvalue weighted by Gasteiger charge is -2.09. The van der Waals surface area contributed by atoms with Crippen molar-refractivity contribution in [3.63, 3.8) is 0 Å². The van der Waals surface area contributed by atoms with Crippen LogP contribution in [0.25, 0.3) is 10.4 Å². The Morgan fingerprint density at radius 2 is 2.12 bits per heavy atom. The van der Waals surface area contributed by atoms with Gasteiger partial charge in [0.2, 0.25) is 10.0 Å². The van der Waals surface area contributed by atoms with Crippen LogP contribution in [0.2, 0.25) is 5.02 Å². The van der Waals surface area contributed by atoms with Gasteiger partial charge in [0.05, 0.1) is 22.2 Å². The number of aryl methyl sites for hydroxylation is 1. The minimum atomic E-state index is -3.81. The molecule has 2 heterocycles. The summed E-state index contributed by atoms with van der Waals surface area (Å²) in [5, 5.41) is 15.4. The van der Waals surface area contributed by atoms with Gasteiger partial charge in [-0.05, 0) is 24.6 Å². The smallest absolute Gasteiger partial charge is 0.242 e. The van der Waals surface area contributed by atoms with Crippen molar-refractivity contribution in [2.45, 2.75) is 11.8 Å². The minimum absolute atomic E-state index is 0.0349. The monoisotopic (exact) mass is 430 g/mol. The first-order valence-electron chi connectivity index (χ1n) is 7.45. The highest BCUT2D eigenvalue weighted by atomic mass is 35.5. The van der Waals surface area contributed by atoms with Gasteiger partial charge in [-0.15, -0.1) is 11.3 Å². The molecule has 3 aromatic rings. The van der Waals surface area contributed by atoms with Gasteiger partial charge in [-0.2, -0.15) is 0 Å². The number of anilines is 2. The Labute approximate surface area is 163 Å². The van der Waals surface area contributed by atoms with Crippen LogP contribution >= 0.6 is 34.3 Å². The Morgan fingerprint density at radius 3 is 2.81 bits per heavy atom. The van der Waals surface area contributed by atoms with E-state index in [1.54, 1.807) is 12.3 Å². The maximum Gasteiger partial charge on any atom is 0.242 e. The second-order valence-corrected chi connectivity index (χ2v) is 9.20. The lowest BCUT2D eigenvalue weighted by atomic mass is 10.2. The van der Waals surface area contributed by atoms with Crippen molar-refractivity contribution in [2.75, 3.05) is 18.5 Å². The van der Waals surface area contributed by atoms with E-state index in [1.807, 2.05) is 12.3 Å². The number of nitrogens with one attached hydrogen (secondary N) is 2. The summed E-state index contributed by atoms with van der Waals surface area (Å²) in [5.41, 5.74) is 1.46. The zero-order valence-electron chi connectivity index (χ0n) is 13.6. The number of hydrogen-bond donors (Lipinski definition) is 3. The lowest BCUT2D eigenvalue weighted by molar-refractivity contribution is 0.301. The zero-order chi connectivity index (χ0) is 18.7. The highest BCUT2D eigenvalue weighted by molar-refractivity contribution is 7.89. The van der Waals surface area contributed by atoms with E-state index in [0.29, 0.717) is 10.7 Å². The van der Waals surface area contributed by atoms with Crippen molar-refractivity contribution in [1.29, 1.82) is 0 Å². The predicted molar refractivity (Wildman–Crippen MR) is 105 cm³/mol. The number of sulfonamides is 1. The van der Waals surface area contributed by atoms with Crippen LogP contribution < -0.4 is 10.0 Å². The third-order valence-electron chi connectivity index (χ3n) is 3.33. The maximum absolute atomic E-state index is 12.4. The topological polar surface area (TPSA) is 104 Å². The van der Waals surface area contributed by atoms with Gasteiger partial charge in [-0.25, -0.2) is 23.1 Å². The van der Waals surface area contributed by atoms with Gasteiger partial charge in [0, 0.05) is 18.1 Å². The van der Waals surface area contributed by atoms with E-state index in [-0.39, 0.29) is 23.1 Å². The molecule has 0 aliphatic carbocycles. The van der Waals surface area contributed by atoms with Gasteiger partial charge in [0.15, 0.2) is 10.3 Å². The summed E-state index contributed by atoms with van der Waals surface area (Å²) in [6.07, 6.45) is 1.70. The fourth-order valence-electron chi connectivity index (χ4n) is 2.20. The molecule has 0 bridgehead atoms. The maximum atomic E-state index is 12.4. The summed E-state index contributed by atoms with van der Waals surface area (Å²) < 4.78 is 27.0. The second kappa shape index (κ2) is 7.99. The average Bonchev–Trinajstić information content (AvgIpc) is 3.23. The molecule has 0 fully saturated rings. The Hall–Kier alpha value is -1.56. The van der Waals surface area contributed by atoms with E-state index < -0.39 is 10.0 Å². The second-order valence-electron chi connectivity index (χ2n) is 5.16. The van der Waals surface area contributed by atoms with Gasteiger partial charge < -0.3 is 10.4 Å². The van der Waals surface area contributed by atoms with Gasteiger partial charge in [-0.1, -0.05) is 29.0 Å². The van der Waals surface area contributed by atoms with Gasteiger partial charge in [0.1, 0.15) is 4.90 Å². The first kappa shape index (κ1) is 19.2. The van der Waals surface area contributed by atoms with E-state index in [4.69, 9.17) is 16.7 Å². The molecule has 0 amide bonds. The molecule has 0 unspecified atom stereocenters. The highest BCUT2D eigenvalue weighted by Crippen LogP contribution is 2.36. The summed E-state index contributed by atoms with van der Waals surface area (Å²) in [6.45, 7) is 1.48. The molecule has 0 atom stereocenters. The molecule has 0 saturated heterocycles. The SMILES string of the molecule is Cc1nc(Nc2nccs2)sc1-c1ccc(Cl)c(S(=O)(=O)NCCO)c1. The minimum Gasteiger partial charge on any atom is -0.395 e. The third kappa shape index (κ3) is 4.22. The number of aliphatic hydroxyl groups is 1. The summed E-state index contributed by atoms with van der Waals surface area (Å²) in [6, 6.07) is 4.80. The van der Waals surface area contributed by atoms with Crippen molar-refractivity contribution < 1.29 is 13.5 Å². The fourth-order valence-corrected chi connectivity index (χ4v) is 5.30. The van der Waals surface area contributed by atoms with Crippen molar-refractivity contribution in [3.05, 3.63) is 40.5 Å². The Bertz CT molecular complexity index is 1000. The van der Waals surface area contributed by atoms with Crippen molar-refractivity contribution in [2.24, 2.45) is 0 Å². The molecule has 3 N–H and O–H groups in total. The first-order valence-corrected chi connectivity index (χ1v) is 11.0. The van der Waals surface area contributed by atoms with Gasteiger partial charge >= 0.3 is 0 Å². The van der Waals surface area contributed by atoms with Crippen LogP contribution in [0, 0.1) is 6.92 Å². The molecule has 3 rings (SSSR count). The molecule has 7 nitrogen and oxygen atoms in total. The molecule has 0 aliphatic heterocycles. The van der Waals surface area contributed by atoms with E-state index >= 15 is 0 Å². The fraction of sp³-hybridized carbons (Fsp3) is 0.200. The van der Waals surface area contributed by atoms with Gasteiger partial charge in [-0.3, -0.25) is 0 Å². The molecule has 0 spiro atoms. The number of hydrogen-bond acceptors (Lipinski definition) is 8. The standard InChI is InChI=1S/C15H15ClN4O3S3/c1-9-13(25-15(19-9)20-14-17-5-7-24-14)10-2-3-11(16)12(8-10)26(22,23)18-4-6-21/h2-3,5,7-8,18,21H,4,6H2,1H3,(H,17,19,20). The van der Waals surface area contributed by atoms with Crippen molar-refractivity contribution in [1.82, 2.24) is 14.7 Å². The Kier molecular flexibility index (Phi) is 5.90. The zero-order valence-corrected chi connectivity index (χ0v) is 16.8. The number of halogens is 1. The molecular formula is C15H15ClN4O3S3. The van der Waals surface area contributed by atoms with Crippen LogP contribution in [-0.4, -0.2) is 36.6 Å². The molecule has 2 aromatic heterocycles. The number of nitrogens with zero attached hydrogens (tertiary/aromatic N) is 2. The van der Waals surface area contributed by atoms with Crippen LogP contribution in [0.1, 0.15) is 5.69 Å². The molecular weight excluding hydrogens is 416 g/mol. The molecule has 26 heavy (non-hydrogen) atoms. The number of rotatable bonds is 7. The van der Waals surface area contributed by atoms with Crippen LogP contribution in [-0.2, 0) is 10.0 Å². The summed E-state index contributed by atoms with van der Waals surface area (Å²) in [7, 11) is -3.81. The highest BCUT2D eigenvalue weighted by Gasteiger charge is 2.20. The number of thiazole rings is 2. The third-order valence-corrected chi connectivity index (χ3v) is 7.08. The molecule has 1 aromatic carbocycles. The van der Waals surface area contributed by atoms with E-state index in [1.165, 1.54) is 34.8 Å². The van der Waals surface area contributed by atoms with Crippen molar-refractivity contribution in [3.8, 4) is 10.4 Å². The molecule has 138 valence electrons. The predicted octanol–water partition coefficient (Wildman–Crippen LogP) is 3.24. The number of aliphatic hydroxyl groups excluding tert-OH is 1. The quantitative estimate of drug-likeness (QED) is 0.531. The lowest BCUT2D eigenvalue weighted by Crippen LogP contribution is -2.26. The molecule has 0 saturated carbocycles. The van der Waals surface area contributed by atoms with E-state index in [0.717, 1.165) is 15.7 Å². The summed E-state index contributed by atoms with van der Waals surface area (Å²) in [5.74, 6) is 0. The largest absolute Gasteiger partial charge is 0.395 e. The molecule has 11 heteroatoms. The van der Waals surface area contributed by atoms with Gasteiger partial charge in [0.25, 0.3) is 0 Å². The normalized spacial score (nSPS) is 11.7. The number of benzene rings is 1. The van der Waals surface area contributed by atoms with Crippen LogP contribution in [0.3, 0.4) is 0 Å². The summed E-state index contributed by atoms with van der Waals surface area (Å²) in [4.78, 5) is 9.42. The van der Waals surface area contributed by atoms with Crippen LogP contribution in [0.4, 0.5) is 10.3 Å². The van der Waals surface area contributed by atoms with Crippen molar-refractivity contribution >= 4 is 54.6 Å². The average molecular weight is 431 g/mol. The molecule has 0 aliphatic rings.